The van der Waals surface area contributed by atoms with Gasteiger partial charge in [-0.2, -0.15) is 9.97 Å². The minimum atomic E-state index is 0.222. The molecule has 0 saturated carbocycles. The first-order valence-corrected chi connectivity index (χ1v) is 8.13. The van der Waals surface area contributed by atoms with Crippen molar-refractivity contribution in [2.45, 2.75) is 0 Å². The van der Waals surface area contributed by atoms with Crippen molar-refractivity contribution >= 4 is 35.7 Å². The molecule has 8 heteroatoms. The molecular formula is C18H20N8. The number of anilines is 4. The van der Waals surface area contributed by atoms with E-state index in [0.717, 1.165) is 11.3 Å². The van der Waals surface area contributed by atoms with Crippen molar-refractivity contribution in [1.29, 1.82) is 0 Å². The Labute approximate surface area is 151 Å². The molecule has 0 aliphatic heterocycles. The second-order valence-electron chi connectivity index (χ2n) is 5.43. The first-order valence-electron chi connectivity index (χ1n) is 8.13. The van der Waals surface area contributed by atoms with Gasteiger partial charge in [-0.15, -0.1) is 0 Å². The van der Waals surface area contributed by atoms with E-state index in [1.807, 2.05) is 48.6 Å². The quantitative estimate of drug-likeness (QED) is 0.478. The van der Waals surface area contributed by atoms with Crippen LogP contribution in [0.3, 0.4) is 0 Å². The summed E-state index contributed by atoms with van der Waals surface area (Å²) < 4.78 is 0. The maximum Gasteiger partial charge on any atom is 0.222 e. The van der Waals surface area contributed by atoms with Crippen molar-refractivity contribution in [2.24, 2.45) is 0 Å². The van der Waals surface area contributed by atoms with Gasteiger partial charge in [-0.05, 0) is 17.7 Å². The van der Waals surface area contributed by atoms with Crippen LogP contribution in [0, 0.1) is 0 Å². The Morgan fingerprint density at radius 1 is 0.808 bits per heavy atom. The normalized spacial score (nSPS) is 10.8. The predicted molar refractivity (Wildman–Crippen MR) is 105 cm³/mol. The SMILES string of the molecule is Nc1nccc(NCCNc2cc(/C=C/c3ccccc3)nc(N)n2)n1. The van der Waals surface area contributed by atoms with Crippen LogP contribution in [0.2, 0.25) is 0 Å². The van der Waals surface area contributed by atoms with Gasteiger partial charge in [0.15, 0.2) is 0 Å². The van der Waals surface area contributed by atoms with Gasteiger partial charge in [0.05, 0.1) is 5.69 Å². The molecule has 2 aromatic heterocycles. The summed E-state index contributed by atoms with van der Waals surface area (Å²) in [7, 11) is 0. The molecule has 1 aromatic carbocycles. The van der Waals surface area contributed by atoms with Crippen molar-refractivity contribution in [3.8, 4) is 0 Å². The van der Waals surface area contributed by atoms with Crippen LogP contribution >= 0.6 is 0 Å². The van der Waals surface area contributed by atoms with Crippen LogP contribution in [0.4, 0.5) is 23.5 Å². The molecule has 132 valence electrons. The summed E-state index contributed by atoms with van der Waals surface area (Å²) in [6.45, 7) is 1.26. The average Bonchev–Trinajstić information content (AvgIpc) is 2.64. The smallest absolute Gasteiger partial charge is 0.222 e. The van der Waals surface area contributed by atoms with Gasteiger partial charge >= 0.3 is 0 Å². The third kappa shape index (κ3) is 5.17. The maximum absolute atomic E-state index is 5.80. The van der Waals surface area contributed by atoms with Crippen LogP contribution in [-0.4, -0.2) is 33.0 Å². The second-order valence-corrected chi connectivity index (χ2v) is 5.43. The van der Waals surface area contributed by atoms with Crippen molar-refractivity contribution in [3.63, 3.8) is 0 Å². The molecule has 0 aliphatic carbocycles. The lowest BCUT2D eigenvalue weighted by Gasteiger charge is -2.09. The monoisotopic (exact) mass is 348 g/mol. The van der Waals surface area contributed by atoms with Crippen LogP contribution in [0.15, 0.2) is 48.7 Å². The zero-order valence-corrected chi connectivity index (χ0v) is 14.1. The van der Waals surface area contributed by atoms with E-state index < -0.39 is 0 Å². The van der Waals surface area contributed by atoms with Gasteiger partial charge in [-0.3, -0.25) is 0 Å². The van der Waals surface area contributed by atoms with Gasteiger partial charge < -0.3 is 22.1 Å². The number of hydrogen-bond donors (Lipinski definition) is 4. The number of nitrogens with one attached hydrogen (secondary N) is 2. The molecule has 3 aromatic rings. The average molecular weight is 348 g/mol. The van der Waals surface area contributed by atoms with Crippen molar-refractivity contribution in [2.75, 3.05) is 35.2 Å². The van der Waals surface area contributed by atoms with Gasteiger partial charge in [-0.1, -0.05) is 36.4 Å². The fourth-order valence-corrected chi connectivity index (χ4v) is 2.26. The number of nitrogens with zero attached hydrogens (tertiary/aromatic N) is 4. The van der Waals surface area contributed by atoms with E-state index in [2.05, 4.69) is 30.6 Å². The molecule has 3 rings (SSSR count). The third-order valence-electron chi connectivity index (χ3n) is 3.42. The van der Waals surface area contributed by atoms with Crippen LogP contribution in [0.25, 0.3) is 12.2 Å². The molecule has 2 heterocycles. The lowest BCUT2D eigenvalue weighted by Crippen LogP contribution is -2.16. The van der Waals surface area contributed by atoms with Crippen LogP contribution in [-0.2, 0) is 0 Å². The van der Waals surface area contributed by atoms with E-state index in [4.69, 9.17) is 11.5 Å². The number of rotatable bonds is 7. The topological polar surface area (TPSA) is 128 Å². The minimum Gasteiger partial charge on any atom is -0.368 e. The van der Waals surface area contributed by atoms with E-state index in [-0.39, 0.29) is 11.9 Å². The molecule has 0 aliphatic rings. The summed E-state index contributed by atoms with van der Waals surface area (Å²) in [4.78, 5) is 16.3. The van der Waals surface area contributed by atoms with Crippen LogP contribution in [0.1, 0.15) is 11.3 Å². The van der Waals surface area contributed by atoms with E-state index in [1.165, 1.54) is 0 Å². The van der Waals surface area contributed by atoms with E-state index in [1.54, 1.807) is 12.3 Å². The zero-order valence-electron chi connectivity index (χ0n) is 14.1. The van der Waals surface area contributed by atoms with Gasteiger partial charge in [0.1, 0.15) is 11.6 Å². The Balaban J connectivity index is 1.56. The summed E-state index contributed by atoms with van der Waals surface area (Å²) in [5.74, 6) is 1.79. The number of hydrogen-bond acceptors (Lipinski definition) is 8. The fourth-order valence-electron chi connectivity index (χ4n) is 2.26. The molecule has 6 N–H and O–H groups in total. The van der Waals surface area contributed by atoms with Crippen molar-refractivity contribution in [3.05, 3.63) is 59.9 Å². The molecule has 0 atom stereocenters. The van der Waals surface area contributed by atoms with Crippen LogP contribution < -0.4 is 22.1 Å². The second kappa shape index (κ2) is 8.43. The molecule has 0 amide bonds. The Bertz CT molecular complexity index is 879. The summed E-state index contributed by atoms with van der Waals surface area (Å²) in [5, 5.41) is 6.36. The highest BCUT2D eigenvalue weighted by molar-refractivity contribution is 5.69. The molecule has 0 spiro atoms. The molecule has 0 unspecified atom stereocenters. The predicted octanol–water partition coefficient (Wildman–Crippen LogP) is 2.13. The Morgan fingerprint density at radius 3 is 2.31 bits per heavy atom. The van der Waals surface area contributed by atoms with Crippen molar-refractivity contribution < 1.29 is 0 Å². The molecule has 0 fully saturated rings. The maximum atomic E-state index is 5.80. The van der Waals surface area contributed by atoms with E-state index in [9.17, 15) is 0 Å². The van der Waals surface area contributed by atoms with Crippen molar-refractivity contribution in [1.82, 2.24) is 19.9 Å². The molecule has 0 saturated heterocycles. The molecule has 0 radical (unpaired) electrons. The molecule has 8 nitrogen and oxygen atoms in total. The van der Waals surface area contributed by atoms with Gasteiger partial charge in [0, 0.05) is 25.4 Å². The summed E-state index contributed by atoms with van der Waals surface area (Å²) in [6, 6.07) is 13.6. The highest BCUT2D eigenvalue weighted by Gasteiger charge is 2.01. The summed E-state index contributed by atoms with van der Waals surface area (Å²) >= 11 is 0. The highest BCUT2D eigenvalue weighted by Crippen LogP contribution is 2.12. The first kappa shape index (κ1) is 17.2. The van der Waals surface area contributed by atoms with Gasteiger partial charge in [-0.25, -0.2) is 9.97 Å². The number of aromatic nitrogens is 4. The minimum absolute atomic E-state index is 0.222. The Hall–Kier alpha value is -3.68. The lowest BCUT2D eigenvalue weighted by molar-refractivity contribution is 1.03. The largest absolute Gasteiger partial charge is 0.368 e. The van der Waals surface area contributed by atoms with E-state index in [0.29, 0.717) is 24.7 Å². The van der Waals surface area contributed by atoms with Gasteiger partial charge in [0.25, 0.3) is 0 Å². The highest BCUT2D eigenvalue weighted by atomic mass is 15.1. The Morgan fingerprint density at radius 2 is 1.54 bits per heavy atom. The lowest BCUT2D eigenvalue weighted by atomic mass is 10.2. The molecule has 0 bridgehead atoms. The van der Waals surface area contributed by atoms with Gasteiger partial charge in [0.2, 0.25) is 11.9 Å². The number of nitrogen functional groups attached to an aromatic ring is 2. The molecular weight excluding hydrogens is 328 g/mol. The number of nitrogens with two attached hydrogens (primary N) is 2. The van der Waals surface area contributed by atoms with Crippen LogP contribution in [0.5, 0.6) is 0 Å². The Kier molecular flexibility index (Phi) is 5.56. The molecule has 26 heavy (non-hydrogen) atoms. The zero-order chi connectivity index (χ0) is 18.2. The number of benzene rings is 1. The fraction of sp³-hybridized carbons (Fsp3) is 0.111. The first-order chi connectivity index (χ1) is 12.7. The summed E-state index contributed by atoms with van der Waals surface area (Å²) in [5.41, 5.74) is 13.2. The van der Waals surface area contributed by atoms with E-state index >= 15 is 0 Å². The third-order valence-corrected chi connectivity index (χ3v) is 3.42. The summed E-state index contributed by atoms with van der Waals surface area (Å²) in [6.07, 6.45) is 5.49. The standard InChI is InChI=1S/C18H20N8/c19-17-23-9-8-15(25-17)21-10-11-22-16-12-14(24-18(20)26-16)7-6-13-4-2-1-3-5-13/h1-9,12H,10-11H2,(H3,19,21,23,25)(H3,20,22,24,26)/b7-6+.